The van der Waals surface area contributed by atoms with Gasteiger partial charge in [-0.15, -0.1) is 0 Å². The van der Waals surface area contributed by atoms with Crippen molar-refractivity contribution in [2.45, 2.75) is 38.6 Å². The fraction of sp³-hybridized carbons (Fsp3) is 0.500. The van der Waals surface area contributed by atoms with Crippen molar-refractivity contribution in [3.8, 4) is 0 Å². The quantitative estimate of drug-likeness (QED) is 0.646. The largest absolute Gasteiger partial charge is 0.355 e. The van der Waals surface area contributed by atoms with Crippen molar-refractivity contribution in [2.75, 3.05) is 19.3 Å². The molecule has 1 amide bonds. The van der Waals surface area contributed by atoms with Gasteiger partial charge in [-0.1, -0.05) is 39.7 Å². The lowest BCUT2D eigenvalue weighted by Crippen LogP contribution is -2.40. The van der Waals surface area contributed by atoms with Crippen LogP contribution in [0.5, 0.6) is 0 Å². The Morgan fingerprint density at radius 1 is 1.24 bits per heavy atom. The summed E-state index contributed by atoms with van der Waals surface area (Å²) in [4.78, 5) is 12.1. The summed E-state index contributed by atoms with van der Waals surface area (Å²) in [5.74, 6) is -0.265. The Morgan fingerprint density at radius 3 is 2.56 bits per heavy atom. The first-order chi connectivity index (χ1) is 11.8. The van der Waals surface area contributed by atoms with E-state index in [1.165, 1.54) is 22.7 Å². The molecule has 1 aliphatic rings. The summed E-state index contributed by atoms with van der Waals surface area (Å²) in [6.07, 6.45) is 8.92. The number of nitrogens with one attached hydrogen (secondary N) is 1. The maximum Gasteiger partial charge on any atom is 0.235 e. The van der Waals surface area contributed by atoms with Crippen molar-refractivity contribution in [1.29, 1.82) is 0 Å². The molecule has 0 aromatic heterocycles. The monoisotopic (exact) mass is 428 g/mol. The predicted molar refractivity (Wildman–Crippen MR) is 104 cm³/mol. The fourth-order valence-corrected chi connectivity index (χ4v) is 3.79. The van der Waals surface area contributed by atoms with Gasteiger partial charge in [-0.3, -0.25) is 4.79 Å². The van der Waals surface area contributed by atoms with Gasteiger partial charge in [-0.25, -0.2) is 8.42 Å². The predicted octanol–water partition coefficient (Wildman–Crippen LogP) is 3.22. The van der Waals surface area contributed by atoms with Crippen molar-refractivity contribution in [3.05, 3.63) is 46.0 Å². The van der Waals surface area contributed by atoms with Crippen molar-refractivity contribution in [2.24, 2.45) is 0 Å². The van der Waals surface area contributed by atoms with Gasteiger partial charge in [0.1, 0.15) is 0 Å². The zero-order valence-electron chi connectivity index (χ0n) is 14.5. The van der Waals surface area contributed by atoms with E-state index in [2.05, 4.69) is 27.3 Å². The molecule has 7 heteroatoms. The van der Waals surface area contributed by atoms with Gasteiger partial charge < -0.3 is 5.32 Å². The van der Waals surface area contributed by atoms with Gasteiger partial charge >= 0.3 is 0 Å². The van der Waals surface area contributed by atoms with Crippen molar-refractivity contribution >= 4 is 31.9 Å². The summed E-state index contributed by atoms with van der Waals surface area (Å²) < 4.78 is 26.1. The Balaban J connectivity index is 1.87. The van der Waals surface area contributed by atoms with Crippen LogP contribution in [0.3, 0.4) is 0 Å². The number of amides is 1. The Kier molecular flexibility index (Phi) is 7.65. The Labute approximate surface area is 158 Å². The van der Waals surface area contributed by atoms with Gasteiger partial charge in [0, 0.05) is 17.6 Å². The number of nitrogens with zero attached hydrogens (tertiary/aromatic N) is 1. The van der Waals surface area contributed by atoms with Gasteiger partial charge in [-0.2, -0.15) is 4.31 Å². The van der Waals surface area contributed by atoms with Crippen LogP contribution in [0.2, 0.25) is 0 Å². The van der Waals surface area contributed by atoms with Crippen LogP contribution in [0, 0.1) is 0 Å². The standard InChI is InChI=1S/C18H25BrN2O3S/c1-25(23,24)21(13-16-7-9-17(19)10-8-16)14-18(22)20-12-11-15-5-3-2-4-6-15/h5,7-10H,2-4,6,11-14H2,1H3,(H,20,22). The van der Waals surface area contributed by atoms with Crippen LogP contribution in [0.15, 0.2) is 40.4 Å². The number of carbonyl (C=O) groups is 1. The summed E-state index contributed by atoms with van der Waals surface area (Å²) in [7, 11) is -3.46. The molecular formula is C18H25BrN2O3S. The smallest absolute Gasteiger partial charge is 0.235 e. The van der Waals surface area contributed by atoms with Crippen LogP contribution in [-0.2, 0) is 21.4 Å². The van der Waals surface area contributed by atoms with E-state index in [1.807, 2.05) is 24.3 Å². The molecule has 1 N–H and O–H groups in total. The Hall–Kier alpha value is -1.18. The third-order valence-corrected chi connectivity index (χ3v) is 5.94. The van der Waals surface area contributed by atoms with Crippen LogP contribution in [-0.4, -0.2) is 38.0 Å². The minimum atomic E-state index is -3.46. The third kappa shape index (κ3) is 7.30. The summed E-state index contributed by atoms with van der Waals surface area (Å²) in [6, 6.07) is 7.40. The molecule has 138 valence electrons. The van der Waals surface area contributed by atoms with Crippen LogP contribution in [0.25, 0.3) is 0 Å². The van der Waals surface area contributed by atoms with E-state index in [0.29, 0.717) is 6.54 Å². The van der Waals surface area contributed by atoms with E-state index in [9.17, 15) is 13.2 Å². The molecule has 0 atom stereocenters. The lowest BCUT2D eigenvalue weighted by molar-refractivity contribution is -0.121. The second-order valence-electron chi connectivity index (χ2n) is 6.37. The molecule has 1 aromatic carbocycles. The highest BCUT2D eigenvalue weighted by atomic mass is 79.9. The first kappa shape index (κ1) is 20.1. The molecule has 0 spiro atoms. The van der Waals surface area contributed by atoms with Gasteiger partial charge in [-0.05, 0) is 49.8 Å². The van der Waals surface area contributed by atoms with Gasteiger partial charge in [0.25, 0.3) is 0 Å². The van der Waals surface area contributed by atoms with E-state index < -0.39 is 10.0 Å². The number of sulfonamides is 1. The molecule has 0 aliphatic heterocycles. The van der Waals surface area contributed by atoms with Crippen molar-refractivity contribution in [1.82, 2.24) is 9.62 Å². The molecule has 0 bridgehead atoms. The summed E-state index contributed by atoms with van der Waals surface area (Å²) >= 11 is 3.35. The number of hydrogen-bond acceptors (Lipinski definition) is 3. The number of allylic oxidation sites excluding steroid dienone is 1. The van der Waals surface area contributed by atoms with Gasteiger partial charge in [0.15, 0.2) is 0 Å². The topological polar surface area (TPSA) is 66.5 Å². The van der Waals surface area contributed by atoms with E-state index in [-0.39, 0.29) is 19.0 Å². The maximum absolute atomic E-state index is 12.1. The lowest BCUT2D eigenvalue weighted by atomic mass is 9.97. The second-order valence-corrected chi connectivity index (χ2v) is 9.26. The molecule has 0 saturated heterocycles. The van der Waals surface area contributed by atoms with Crippen LogP contribution >= 0.6 is 15.9 Å². The molecule has 0 radical (unpaired) electrons. The highest BCUT2D eigenvalue weighted by Gasteiger charge is 2.20. The number of hydrogen-bond donors (Lipinski definition) is 1. The molecule has 0 fully saturated rings. The fourth-order valence-electron chi connectivity index (χ4n) is 2.79. The van der Waals surface area contributed by atoms with Gasteiger partial charge in [0.05, 0.1) is 12.8 Å². The zero-order valence-corrected chi connectivity index (χ0v) is 16.9. The van der Waals surface area contributed by atoms with Crippen LogP contribution < -0.4 is 5.32 Å². The summed E-state index contributed by atoms with van der Waals surface area (Å²) in [5.41, 5.74) is 2.23. The van der Waals surface area contributed by atoms with E-state index >= 15 is 0 Å². The first-order valence-electron chi connectivity index (χ1n) is 8.49. The molecule has 0 saturated carbocycles. The maximum atomic E-state index is 12.1. The highest BCUT2D eigenvalue weighted by Crippen LogP contribution is 2.19. The molecule has 0 heterocycles. The molecular weight excluding hydrogens is 404 g/mol. The first-order valence-corrected chi connectivity index (χ1v) is 11.1. The average molecular weight is 429 g/mol. The van der Waals surface area contributed by atoms with E-state index in [0.717, 1.165) is 35.6 Å². The number of benzene rings is 1. The minimum absolute atomic E-state index is 0.159. The Bertz CT molecular complexity index is 714. The van der Waals surface area contributed by atoms with Crippen LogP contribution in [0.1, 0.15) is 37.7 Å². The molecule has 0 unspecified atom stereocenters. The molecule has 1 aliphatic carbocycles. The minimum Gasteiger partial charge on any atom is -0.355 e. The SMILES string of the molecule is CS(=O)(=O)N(CC(=O)NCCC1=CCCCC1)Cc1ccc(Br)cc1. The zero-order chi connectivity index (χ0) is 18.3. The average Bonchev–Trinajstić information content (AvgIpc) is 2.56. The highest BCUT2D eigenvalue weighted by molar-refractivity contribution is 9.10. The number of rotatable bonds is 8. The Morgan fingerprint density at radius 2 is 1.96 bits per heavy atom. The number of halogens is 1. The third-order valence-electron chi connectivity index (χ3n) is 4.21. The van der Waals surface area contributed by atoms with Crippen molar-refractivity contribution < 1.29 is 13.2 Å². The molecule has 2 rings (SSSR count). The summed E-state index contributed by atoms with van der Waals surface area (Å²) in [5, 5.41) is 2.83. The normalized spacial score (nSPS) is 15.1. The molecule has 25 heavy (non-hydrogen) atoms. The molecule has 5 nitrogen and oxygen atoms in total. The number of carbonyl (C=O) groups excluding carboxylic acids is 1. The van der Waals surface area contributed by atoms with E-state index in [1.54, 1.807) is 0 Å². The van der Waals surface area contributed by atoms with Crippen LogP contribution in [0.4, 0.5) is 0 Å². The lowest BCUT2D eigenvalue weighted by Gasteiger charge is -2.20. The summed E-state index contributed by atoms with van der Waals surface area (Å²) in [6.45, 7) is 0.583. The van der Waals surface area contributed by atoms with E-state index in [4.69, 9.17) is 0 Å². The van der Waals surface area contributed by atoms with Gasteiger partial charge in [0.2, 0.25) is 15.9 Å². The second kappa shape index (κ2) is 9.50. The van der Waals surface area contributed by atoms with Crippen molar-refractivity contribution in [3.63, 3.8) is 0 Å². The molecule has 1 aromatic rings.